The highest BCUT2D eigenvalue weighted by atomic mass is 16.5. The van der Waals surface area contributed by atoms with Gasteiger partial charge in [-0.2, -0.15) is 5.10 Å². The van der Waals surface area contributed by atoms with Crippen molar-refractivity contribution in [2.24, 2.45) is 7.05 Å². The Morgan fingerprint density at radius 1 is 1.48 bits per heavy atom. The first-order valence-electron chi connectivity index (χ1n) is 5.92. The predicted molar refractivity (Wildman–Crippen MR) is 67.9 cm³/mol. The number of aromatic nitrogens is 6. The molecule has 0 fully saturated rings. The number of hydrogen-bond acceptors (Lipinski definition) is 7. The highest BCUT2D eigenvalue weighted by molar-refractivity contribution is 6.00. The van der Waals surface area contributed by atoms with E-state index in [0.717, 1.165) is 4.68 Å². The predicted octanol–water partition coefficient (Wildman–Crippen LogP) is -0.432. The van der Waals surface area contributed by atoms with E-state index in [1.807, 2.05) is 0 Å². The zero-order chi connectivity index (χ0) is 15.1. The van der Waals surface area contributed by atoms with Crippen LogP contribution in [0.25, 0.3) is 10.9 Å². The molecule has 21 heavy (non-hydrogen) atoms. The number of carbonyl (C=O) groups is 1. The lowest BCUT2D eigenvalue weighted by Gasteiger charge is -2.05. The van der Waals surface area contributed by atoms with Gasteiger partial charge in [-0.05, 0) is 6.92 Å². The van der Waals surface area contributed by atoms with Crippen LogP contribution in [0.5, 0.6) is 0 Å². The topological polar surface area (TPSA) is 129 Å². The standard InChI is InChI=1S/C11H10N6O4/c1-5-7-8(15-21-5)10(18)17(14-9(7)11(19)20)3-6-13-12-4-16(6)2/h4H,3H2,1-2H3,(H,19,20). The quantitative estimate of drug-likeness (QED) is 0.687. The lowest BCUT2D eigenvalue weighted by Crippen LogP contribution is -2.27. The van der Waals surface area contributed by atoms with Crippen molar-refractivity contribution in [3.05, 3.63) is 34.0 Å². The van der Waals surface area contributed by atoms with Crippen molar-refractivity contribution in [1.82, 2.24) is 29.7 Å². The fourth-order valence-electron chi connectivity index (χ4n) is 1.98. The van der Waals surface area contributed by atoms with Crippen LogP contribution in [0.3, 0.4) is 0 Å². The van der Waals surface area contributed by atoms with Crippen LogP contribution in [0.2, 0.25) is 0 Å². The summed E-state index contributed by atoms with van der Waals surface area (Å²) in [5.41, 5.74) is -0.901. The number of aryl methyl sites for hydroxylation is 2. The molecule has 0 atom stereocenters. The molecular weight excluding hydrogens is 280 g/mol. The number of nitrogens with zero attached hydrogens (tertiary/aromatic N) is 6. The lowest BCUT2D eigenvalue weighted by molar-refractivity contribution is 0.0690. The summed E-state index contributed by atoms with van der Waals surface area (Å²) in [6.07, 6.45) is 1.47. The van der Waals surface area contributed by atoms with Gasteiger partial charge in [-0.25, -0.2) is 9.48 Å². The van der Waals surface area contributed by atoms with Crippen LogP contribution in [0, 0.1) is 6.92 Å². The van der Waals surface area contributed by atoms with Crippen LogP contribution in [0.1, 0.15) is 22.1 Å². The third-order valence-electron chi connectivity index (χ3n) is 3.06. The lowest BCUT2D eigenvalue weighted by atomic mass is 10.2. The van der Waals surface area contributed by atoms with Crippen molar-refractivity contribution in [2.45, 2.75) is 13.5 Å². The summed E-state index contributed by atoms with van der Waals surface area (Å²) in [4.78, 5) is 23.6. The largest absolute Gasteiger partial charge is 0.476 e. The second kappa shape index (κ2) is 4.51. The van der Waals surface area contributed by atoms with Gasteiger partial charge >= 0.3 is 5.97 Å². The maximum atomic E-state index is 12.3. The van der Waals surface area contributed by atoms with Gasteiger partial charge in [-0.3, -0.25) is 4.79 Å². The molecule has 3 rings (SSSR count). The Balaban J connectivity index is 2.24. The first kappa shape index (κ1) is 13.0. The summed E-state index contributed by atoms with van der Waals surface area (Å²) in [5.74, 6) is -0.573. The molecule has 0 spiro atoms. The van der Waals surface area contributed by atoms with E-state index in [-0.39, 0.29) is 28.9 Å². The summed E-state index contributed by atoms with van der Waals surface area (Å²) < 4.78 is 7.49. The number of aromatic carboxylic acids is 1. The van der Waals surface area contributed by atoms with Gasteiger partial charge in [0.2, 0.25) is 0 Å². The molecule has 0 aromatic carbocycles. The highest BCUT2D eigenvalue weighted by Crippen LogP contribution is 2.17. The third-order valence-corrected chi connectivity index (χ3v) is 3.06. The minimum Gasteiger partial charge on any atom is -0.476 e. The summed E-state index contributed by atoms with van der Waals surface area (Å²) in [5, 5.41) is 24.4. The number of carboxylic acid groups (broad SMARTS) is 1. The van der Waals surface area contributed by atoms with Gasteiger partial charge < -0.3 is 14.2 Å². The molecule has 3 aromatic rings. The molecular formula is C11H10N6O4. The first-order valence-corrected chi connectivity index (χ1v) is 5.92. The molecule has 0 unspecified atom stereocenters. The Labute approximate surface area is 116 Å². The molecule has 0 bridgehead atoms. The molecule has 0 saturated heterocycles. The van der Waals surface area contributed by atoms with E-state index in [4.69, 9.17) is 4.52 Å². The van der Waals surface area contributed by atoms with Crippen LogP contribution in [-0.4, -0.2) is 40.8 Å². The minimum absolute atomic E-state index is 0.0164. The molecule has 0 radical (unpaired) electrons. The van der Waals surface area contributed by atoms with Gasteiger partial charge in [0, 0.05) is 7.05 Å². The summed E-state index contributed by atoms with van der Waals surface area (Å²) >= 11 is 0. The van der Waals surface area contributed by atoms with Gasteiger partial charge in [0.15, 0.2) is 17.0 Å². The molecule has 0 amide bonds. The fraction of sp³-hybridized carbons (Fsp3) is 0.273. The normalized spacial score (nSPS) is 11.1. The second-order valence-corrected chi connectivity index (χ2v) is 4.44. The van der Waals surface area contributed by atoms with Gasteiger partial charge in [-0.1, -0.05) is 5.16 Å². The van der Waals surface area contributed by atoms with E-state index in [9.17, 15) is 14.7 Å². The van der Waals surface area contributed by atoms with Gasteiger partial charge in [0.1, 0.15) is 18.6 Å². The number of hydrogen-bond donors (Lipinski definition) is 1. The molecule has 10 nitrogen and oxygen atoms in total. The summed E-state index contributed by atoms with van der Waals surface area (Å²) in [6.45, 7) is 1.51. The van der Waals surface area contributed by atoms with Crippen molar-refractivity contribution < 1.29 is 14.4 Å². The zero-order valence-corrected chi connectivity index (χ0v) is 11.1. The molecule has 10 heteroatoms. The van der Waals surface area contributed by atoms with E-state index >= 15 is 0 Å². The monoisotopic (exact) mass is 290 g/mol. The second-order valence-electron chi connectivity index (χ2n) is 4.44. The molecule has 0 aliphatic heterocycles. The third kappa shape index (κ3) is 1.96. The van der Waals surface area contributed by atoms with Gasteiger partial charge in [0.05, 0.1) is 5.39 Å². The Morgan fingerprint density at radius 2 is 2.24 bits per heavy atom. The van der Waals surface area contributed by atoms with E-state index in [0.29, 0.717) is 5.82 Å². The number of rotatable bonds is 3. The van der Waals surface area contributed by atoms with Crippen LogP contribution in [-0.2, 0) is 13.6 Å². The summed E-state index contributed by atoms with van der Waals surface area (Å²) in [6, 6.07) is 0. The number of fused-ring (bicyclic) bond motifs is 1. The Kier molecular flexibility index (Phi) is 2.78. The Bertz CT molecular complexity index is 905. The Hall–Kier alpha value is -3.04. The van der Waals surface area contributed by atoms with Crippen molar-refractivity contribution >= 4 is 16.9 Å². The van der Waals surface area contributed by atoms with Crippen molar-refractivity contribution in [2.75, 3.05) is 0 Å². The van der Waals surface area contributed by atoms with Crippen LogP contribution < -0.4 is 5.56 Å². The maximum absolute atomic E-state index is 12.3. The van der Waals surface area contributed by atoms with E-state index in [1.54, 1.807) is 11.6 Å². The van der Waals surface area contributed by atoms with Gasteiger partial charge in [-0.15, -0.1) is 10.2 Å². The van der Waals surface area contributed by atoms with Crippen LogP contribution in [0.4, 0.5) is 0 Å². The van der Waals surface area contributed by atoms with E-state index in [1.165, 1.54) is 13.3 Å². The van der Waals surface area contributed by atoms with Crippen molar-refractivity contribution in [3.8, 4) is 0 Å². The fourth-order valence-corrected chi connectivity index (χ4v) is 1.98. The average molecular weight is 290 g/mol. The minimum atomic E-state index is -1.27. The number of carboxylic acids is 1. The SMILES string of the molecule is Cc1onc2c(=O)n(Cc3nncn3C)nc(C(=O)O)c12. The molecule has 108 valence electrons. The van der Waals surface area contributed by atoms with E-state index in [2.05, 4.69) is 20.5 Å². The smallest absolute Gasteiger partial charge is 0.357 e. The molecule has 0 aliphatic rings. The first-order chi connectivity index (χ1) is 9.99. The van der Waals surface area contributed by atoms with Crippen LogP contribution >= 0.6 is 0 Å². The highest BCUT2D eigenvalue weighted by Gasteiger charge is 2.22. The van der Waals surface area contributed by atoms with Crippen LogP contribution in [0.15, 0.2) is 15.6 Å². The molecule has 0 saturated carbocycles. The molecule has 1 N–H and O–H groups in total. The van der Waals surface area contributed by atoms with Crippen molar-refractivity contribution in [1.29, 1.82) is 0 Å². The molecule has 3 aromatic heterocycles. The van der Waals surface area contributed by atoms with Crippen molar-refractivity contribution in [3.63, 3.8) is 0 Å². The summed E-state index contributed by atoms with van der Waals surface area (Å²) in [7, 11) is 1.71. The van der Waals surface area contributed by atoms with Gasteiger partial charge in [0.25, 0.3) is 5.56 Å². The molecule has 0 aliphatic carbocycles. The Morgan fingerprint density at radius 3 is 2.86 bits per heavy atom. The maximum Gasteiger partial charge on any atom is 0.357 e. The van der Waals surface area contributed by atoms with E-state index < -0.39 is 11.5 Å². The molecule has 3 heterocycles. The zero-order valence-electron chi connectivity index (χ0n) is 11.1. The average Bonchev–Trinajstić information content (AvgIpc) is 3.00.